The van der Waals surface area contributed by atoms with Crippen LogP contribution in [0.1, 0.15) is 175 Å². The van der Waals surface area contributed by atoms with Crippen LogP contribution in [0.2, 0.25) is 0 Å². The topological polar surface area (TPSA) is 34.1 Å². The summed E-state index contributed by atoms with van der Waals surface area (Å²) >= 11 is 0. The Bertz CT molecular complexity index is 417. The number of carbonyl (C=O) groups excluding carboxylic acids is 2. The Morgan fingerprint density at radius 3 is 1.15 bits per heavy atom. The van der Waals surface area contributed by atoms with Crippen molar-refractivity contribution in [1.29, 1.82) is 0 Å². The van der Waals surface area contributed by atoms with Crippen LogP contribution in [-0.2, 0) is 9.59 Å². The molecule has 0 spiro atoms. The number of hydrogen-bond donors (Lipinski definition) is 0. The molecule has 0 N–H and O–H groups in total. The van der Waals surface area contributed by atoms with E-state index in [0.29, 0.717) is 5.78 Å². The second kappa shape index (κ2) is 26.0. The van der Waals surface area contributed by atoms with Crippen LogP contribution in [0.25, 0.3) is 0 Å². The first-order valence-corrected chi connectivity index (χ1v) is 15.0. The fourth-order valence-electron chi connectivity index (χ4n) is 4.84. The molecule has 0 unspecified atom stereocenters. The van der Waals surface area contributed by atoms with Gasteiger partial charge in [-0.1, -0.05) is 149 Å². The zero-order valence-electron chi connectivity index (χ0n) is 23.0. The van der Waals surface area contributed by atoms with E-state index in [9.17, 15) is 9.59 Å². The number of aldehydes is 1. The zero-order valence-corrected chi connectivity index (χ0v) is 23.0. The summed E-state index contributed by atoms with van der Waals surface area (Å²) in [5.41, 5.74) is 0. The molecular weight excluding hydrogens is 404 g/mol. The molecule has 0 rings (SSSR count). The van der Waals surface area contributed by atoms with Crippen LogP contribution in [0.15, 0.2) is 0 Å². The summed E-state index contributed by atoms with van der Waals surface area (Å²) in [4.78, 5) is 21.5. The van der Waals surface area contributed by atoms with Gasteiger partial charge in [-0.05, 0) is 25.7 Å². The fourth-order valence-corrected chi connectivity index (χ4v) is 4.84. The summed E-state index contributed by atoms with van der Waals surface area (Å²) in [6, 6.07) is 0. The molecule has 0 fully saturated rings. The van der Waals surface area contributed by atoms with Crippen molar-refractivity contribution in [3.63, 3.8) is 0 Å². The van der Waals surface area contributed by atoms with Gasteiger partial charge in [0, 0.05) is 12.3 Å². The molecule has 0 saturated heterocycles. The van der Waals surface area contributed by atoms with Crippen LogP contribution in [0.3, 0.4) is 0 Å². The minimum absolute atomic E-state index is 0.266. The minimum atomic E-state index is 0.266. The molecule has 0 bridgehead atoms. The molecule has 0 saturated carbocycles. The molecule has 2 nitrogen and oxygen atoms in total. The van der Waals surface area contributed by atoms with Crippen molar-refractivity contribution in [1.82, 2.24) is 0 Å². The Hall–Kier alpha value is -0.660. The highest BCUT2D eigenvalue weighted by Gasteiger charge is 2.06. The third-order valence-electron chi connectivity index (χ3n) is 7.55. The Kier molecular flexibility index (Phi) is 25.4. The first-order chi connectivity index (χ1) is 16.1. The summed E-state index contributed by atoms with van der Waals surface area (Å²) in [7, 11) is 0. The van der Waals surface area contributed by atoms with Crippen molar-refractivity contribution in [2.45, 2.75) is 175 Å². The van der Waals surface area contributed by atoms with Gasteiger partial charge in [0.1, 0.15) is 12.1 Å². The molecule has 0 amide bonds. The van der Waals surface area contributed by atoms with E-state index in [0.717, 1.165) is 31.5 Å². The summed E-state index contributed by atoms with van der Waals surface area (Å²) in [5.74, 6) is 1.52. The SMILES string of the molecule is CC(=O)[C@@H](C)CCCCCCC[C@@H](C)CCCCCCCCCCCCCCCCCC=O. The lowest BCUT2D eigenvalue weighted by molar-refractivity contribution is -0.120. The second-order valence-corrected chi connectivity index (χ2v) is 11.0. The lowest BCUT2D eigenvalue weighted by Crippen LogP contribution is -2.05. The van der Waals surface area contributed by atoms with Crippen molar-refractivity contribution in [2.24, 2.45) is 11.8 Å². The van der Waals surface area contributed by atoms with E-state index >= 15 is 0 Å². The molecule has 2 heteroatoms. The lowest BCUT2D eigenvalue weighted by Gasteiger charge is -2.11. The zero-order chi connectivity index (χ0) is 24.4. The van der Waals surface area contributed by atoms with Gasteiger partial charge in [0.25, 0.3) is 0 Å². The second-order valence-electron chi connectivity index (χ2n) is 11.0. The van der Waals surface area contributed by atoms with Crippen LogP contribution < -0.4 is 0 Å². The van der Waals surface area contributed by atoms with Crippen LogP contribution in [0.4, 0.5) is 0 Å². The quantitative estimate of drug-likeness (QED) is 0.0894. The molecule has 0 aromatic heterocycles. The summed E-state index contributed by atoms with van der Waals surface area (Å²) in [6.45, 7) is 6.23. The minimum Gasteiger partial charge on any atom is -0.303 e. The highest BCUT2D eigenvalue weighted by atomic mass is 16.1. The number of ketones is 1. The van der Waals surface area contributed by atoms with E-state index in [4.69, 9.17) is 0 Å². The van der Waals surface area contributed by atoms with Crippen LogP contribution >= 0.6 is 0 Å². The van der Waals surface area contributed by atoms with Gasteiger partial charge in [-0.25, -0.2) is 0 Å². The largest absolute Gasteiger partial charge is 0.303 e. The van der Waals surface area contributed by atoms with Crippen molar-refractivity contribution in [2.75, 3.05) is 0 Å². The Balaban J connectivity index is 3.19. The molecule has 2 atom stereocenters. The van der Waals surface area contributed by atoms with E-state index < -0.39 is 0 Å². The maximum Gasteiger partial charge on any atom is 0.132 e. The predicted molar refractivity (Wildman–Crippen MR) is 146 cm³/mol. The smallest absolute Gasteiger partial charge is 0.132 e. The van der Waals surface area contributed by atoms with Gasteiger partial charge in [0.05, 0.1) is 0 Å². The highest BCUT2D eigenvalue weighted by Crippen LogP contribution is 2.19. The summed E-state index contributed by atoms with van der Waals surface area (Å²) < 4.78 is 0. The van der Waals surface area contributed by atoms with E-state index in [1.165, 1.54) is 135 Å². The third-order valence-corrected chi connectivity index (χ3v) is 7.55. The van der Waals surface area contributed by atoms with Gasteiger partial charge in [-0.2, -0.15) is 0 Å². The highest BCUT2D eigenvalue weighted by molar-refractivity contribution is 5.77. The predicted octanol–water partition coefficient (Wildman–Crippen LogP) is 10.4. The number of Topliss-reactive ketones (excluding diaryl/α,β-unsaturated/α-hetero) is 1. The van der Waals surface area contributed by atoms with Crippen molar-refractivity contribution >= 4 is 12.1 Å². The first-order valence-electron chi connectivity index (χ1n) is 15.0. The number of rotatable bonds is 27. The standard InChI is InChI=1S/C31H60O2/c1-29(26-22-18-16-19-23-27-30(2)31(3)33)25-21-17-14-12-10-8-6-4-5-7-9-11-13-15-20-24-28-32/h28-30H,4-27H2,1-3H3/t29-,30-/m0/s1. The molecule has 0 aliphatic heterocycles. The maximum atomic E-state index is 11.2. The third kappa shape index (κ3) is 25.8. The lowest BCUT2D eigenvalue weighted by atomic mass is 9.95. The molecular formula is C31H60O2. The van der Waals surface area contributed by atoms with Crippen LogP contribution in [0.5, 0.6) is 0 Å². The van der Waals surface area contributed by atoms with Gasteiger partial charge in [0.2, 0.25) is 0 Å². The first kappa shape index (κ1) is 32.3. The Morgan fingerprint density at radius 2 is 0.818 bits per heavy atom. The van der Waals surface area contributed by atoms with E-state index in [1.54, 1.807) is 6.92 Å². The molecule has 196 valence electrons. The Morgan fingerprint density at radius 1 is 0.515 bits per heavy atom. The van der Waals surface area contributed by atoms with Crippen molar-refractivity contribution < 1.29 is 9.59 Å². The van der Waals surface area contributed by atoms with Gasteiger partial charge in [-0.15, -0.1) is 0 Å². The van der Waals surface area contributed by atoms with Gasteiger partial charge in [0.15, 0.2) is 0 Å². The Labute approximate surface area is 208 Å². The van der Waals surface area contributed by atoms with Crippen LogP contribution in [-0.4, -0.2) is 12.1 Å². The van der Waals surface area contributed by atoms with Crippen LogP contribution in [0, 0.1) is 11.8 Å². The van der Waals surface area contributed by atoms with E-state index in [2.05, 4.69) is 13.8 Å². The fraction of sp³-hybridized carbons (Fsp3) is 0.935. The van der Waals surface area contributed by atoms with Gasteiger partial charge >= 0.3 is 0 Å². The summed E-state index contributed by atoms with van der Waals surface area (Å²) in [5, 5.41) is 0. The number of carbonyl (C=O) groups is 2. The number of unbranched alkanes of at least 4 members (excludes halogenated alkanes) is 19. The molecule has 0 aromatic carbocycles. The molecule has 33 heavy (non-hydrogen) atoms. The average molecular weight is 465 g/mol. The molecule has 0 heterocycles. The van der Waals surface area contributed by atoms with Crippen molar-refractivity contribution in [3.8, 4) is 0 Å². The normalized spacial score (nSPS) is 13.2. The van der Waals surface area contributed by atoms with E-state index in [1.807, 2.05) is 0 Å². The molecule has 0 radical (unpaired) electrons. The maximum absolute atomic E-state index is 11.2. The van der Waals surface area contributed by atoms with Gasteiger partial charge < -0.3 is 4.79 Å². The molecule has 0 aliphatic carbocycles. The molecule has 0 aliphatic rings. The average Bonchev–Trinajstić information content (AvgIpc) is 2.80. The monoisotopic (exact) mass is 464 g/mol. The molecule has 0 aromatic rings. The number of hydrogen-bond acceptors (Lipinski definition) is 2. The van der Waals surface area contributed by atoms with E-state index in [-0.39, 0.29) is 5.92 Å². The van der Waals surface area contributed by atoms with Gasteiger partial charge in [-0.3, -0.25) is 4.79 Å². The van der Waals surface area contributed by atoms with Crippen molar-refractivity contribution in [3.05, 3.63) is 0 Å². The summed E-state index contributed by atoms with van der Waals surface area (Å²) in [6.07, 6.45) is 33.1.